The summed E-state index contributed by atoms with van der Waals surface area (Å²) in [7, 11) is 1.51. The first-order valence-corrected chi connectivity index (χ1v) is 6.54. The number of carboxylic acids is 1. The Labute approximate surface area is 122 Å². The van der Waals surface area contributed by atoms with E-state index in [2.05, 4.69) is 10.6 Å². The van der Waals surface area contributed by atoms with Crippen LogP contribution < -0.4 is 10.6 Å². The van der Waals surface area contributed by atoms with Crippen molar-refractivity contribution in [3.8, 4) is 0 Å². The van der Waals surface area contributed by atoms with Gasteiger partial charge in [-0.1, -0.05) is 18.2 Å². The van der Waals surface area contributed by atoms with Crippen molar-refractivity contribution < 1.29 is 19.5 Å². The molecule has 0 heterocycles. The molecule has 0 aromatic heterocycles. The van der Waals surface area contributed by atoms with E-state index >= 15 is 0 Å². The third kappa shape index (κ3) is 6.42. The van der Waals surface area contributed by atoms with Crippen LogP contribution in [-0.4, -0.2) is 54.6 Å². The first kappa shape index (κ1) is 16.5. The lowest BCUT2D eigenvalue weighted by atomic mass is 10.2. The summed E-state index contributed by atoms with van der Waals surface area (Å²) in [6.45, 7) is 0.707. The van der Waals surface area contributed by atoms with Crippen LogP contribution in [0.5, 0.6) is 0 Å². The molecule has 1 rings (SSSR count). The number of rotatable bonds is 7. The molecule has 1 aromatic carbocycles. The molecule has 0 aliphatic carbocycles. The van der Waals surface area contributed by atoms with Gasteiger partial charge in [-0.2, -0.15) is 0 Å². The molecule has 21 heavy (non-hydrogen) atoms. The maximum absolute atomic E-state index is 11.7. The van der Waals surface area contributed by atoms with Crippen molar-refractivity contribution in [1.82, 2.24) is 15.5 Å². The molecule has 0 aliphatic heterocycles. The highest BCUT2D eigenvalue weighted by molar-refractivity contribution is 5.94. The summed E-state index contributed by atoms with van der Waals surface area (Å²) in [6, 6.07) is 8.40. The Morgan fingerprint density at radius 2 is 1.71 bits per heavy atom. The van der Waals surface area contributed by atoms with Crippen molar-refractivity contribution in [2.75, 3.05) is 26.7 Å². The van der Waals surface area contributed by atoms with E-state index in [1.165, 1.54) is 11.9 Å². The molecular formula is C14H19N3O4. The van der Waals surface area contributed by atoms with Gasteiger partial charge in [0.15, 0.2) is 0 Å². The van der Waals surface area contributed by atoms with E-state index in [9.17, 15) is 14.4 Å². The van der Waals surface area contributed by atoms with E-state index in [1.54, 1.807) is 24.3 Å². The first-order valence-electron chi connectivity index (χ1n) is 6.54. The zero-order valence-corrected chi connectivity index (χ0v) is 11.8. The first-order chi connectivity index (χ1) is 10.0. The number of nitrogens with zero attached hydrogens (tertiary/aromatic N) is 1. The third-order valence-corrected chi connectivity index (χ3v) is 2.73. The van der Waals surface area contributed by atoms with Crippen molar-refractivity contribution in [1.29, 1.82) is 0 Å². The second-order valence-electron chi connectivity index (χ2n) is 4.42. The maximum atomic E-state index is 11.7. The van der Waals surface area contributed by atoms with E-state index in [0.717, 1.165) is 0 Å². The summed E-state index contributed by atoms with van der Waals surface area (Å²) in [5, 5.41) is 13.8. The molecule has 0 atom stereocenters. The van der Waals surface area contributed by atoms with Crippen LogP contribution in [0.3, 0.4) is 0 Å². The van der Waals surface area contributed by atoms with Crippen molar-refractivity contribution in [3.05, 3.63) is 35.9 Å². The third-order valence-electron chi connectivity index (χ3n) is 2.73. The molecule has 0 unspecified atom stereocenters. The molecule has 0 saturated carbocycles. The monoisotopic (exact) mass is 293 g/mol. The molecule has 1 aromatic rings. The van der Waals surface area contributed by atoms with E-state index in [1.807, 2.05) is 6.07 Å². The minimum Gasteiger partial charge on any atom is -0.481 e. The lowest BCUT2D eigenvalue weighted by Gasteiger charge is -2.17. The highest BCUT2D eigenvalue weighted by atomic mass is 16.4. The normalized spacial score (nSPS) is 9.76. The second-order valence-corrected chi connectivity index (χ2v) is 4.42. The van der Waals surface area contributed by atoms with Gasteiger partial charge in [-0.15, -0.1) is 0 Å². The summed E-state index contributed by atoms with van der Waals surface area (Å²) in [5.74, 6) is -1.16. The number of carbonyl (C=O) groups is 3. The summed E-state index contributed by atoms with van der Waals surface area (Å²) in [4.78, 5) is 35.0. The second kappa shape index (κ2) is 8.57. The zero-order valence-electron chi connectivity index (χ0n) is 11.8. The molecule has 0 saturated heterocycles. The lowest BCUT2D eigenvalue weighted by Crippen LogP contribution is -2.41. The Bertz CT molecular complexity index is 490. The van der Waals surface area contributed by atoms with Crippen LogP contribution in [0.25, 0.3) is 0 Å². The number of benzene rings is 1. The van der Waals surface area contributed by atoms with Crippen molar-refractivity contribution >= 4 is 17.9 Å². The minimum atomic E-state index is -0.954. The highest BCUT2D eigenvalue weighted by Gasteiger charge is 2.09. The Kier molecular flexibility index (Phi) is 6.73. The van der Waals surface area contributed by atoms with Crippen LogP contribution in [0.15, 0.2) is 30.3 Å². The summed E-state index contributed by atoms with van der Waals surface area (Å²) < 4.78 is 0. The van der Waals surface area contributed by atoms with Crippen molar-refractivity contribution in [2.24, 2.45) is 0 Å². The Balaban J connectivity index is 2.20. The minimum absolute atomic E-state index is 0.103. The predicted molar refractivity (Wildman–Crippen MR) is 77.1 cm³/mol. The standard InChI is InChI=1S/C14H19N3O4/c1-17(10-7-12(18)19)14(21)16-9-8-15-13(20)11-5-3-2-4-6-11/h2-6H,7-10H2,1H3,(H,15,20)(H,16,21)(H,18,19). The van der Waals surface area contributed by atoms with Crippen LogP contribution in [0.2, 0.25) is 0 Å². The summed E-state index contributed by atoms with van der Waals surface area (Å²) in [6.07, 6.45) is -0.103. The molecule has 0 radical (unpaired) electrons. The van der Waals surface area contributed by atoms with Gasteiger partial charge in [0.25, 0.3) is 5.91 Å². The fourth-order valence-corrected chi connectivity index (χ4v) is 1.54. The average Bonchev–Trinajstić information content (AvgIpc) is 2.49. The molecular weight excluding hydrogens is 274 g/mol. The van der Waals surface area contributed by atoms with Crippen molar-refractivity contribution in [2.45, 2.75) is 6.42 Å². The number of amides is 3. The van der Waals surface area contributed by atoms with Crippen LogP contribution in [0.4, 0.5) is 4.79 Å². The number of hydrogen-bond donors (Lipinski definition) is 3. The lowest BCUT2D eigenvalue weighted by molar-refractivity contribution is -0.137. The Hall–Kier alpha value is -2.57. The fraction of sp³-hybridized carbons (Fsp3) is 0.357. The Morgan fingerprint density at radius 1 is 1.10 bits per heavy atom. The molecule has 7 heteroatoms. The van der Waals surface area contributed by atoms with Crippen LogP contribution in [0.1, 0.15) is 16.8 Å². The number of carbonyl (C=O) groups excluding carboxylic acids is 2. The highest BCUT2D eigenvalue weighted by Crippen LogP contribution is 1.97. The van der Waals surface area contributed by atoms with Gasteiger partial charge in [0.1, 0.15) is 0 Å². The molecule has 3 amide bonds. The van der Waals surface area contributed by atoms with Gasteiger partial charge in [0.05, 0.1) is 6.42 Å². The van der Waals surface area contributed by atoms with Gasteiger partial charge < -0.3 is 20.6 Å². The van der Waals surface area contributed by atoms with Gasteiger partial charge in [-0.25, -0.2) is 4.79 Å². The number of carboxylic acid groups (broad SMARTS) is 1. The number of aliphatic carboxylic acids is 1. The van der Waals surface area contributed by atoms with Gasteiger partial charge in [0, 0.05) is 32.2 Å². The largest absolute Gasteiger partial charge is 0.481 e. The zero-order chi connectivity index (χ0) is 15.7. The molecule has 0 aliphatic rings. The molecule has 7 nitrogen and oxygen atoms in total. The maximum Gasteiger partial charge on any atom is 0.317 e. The SMILES string of the molecule is CN(CCC(=O)O)C(=O)NCCNC(=O)c1ccccc1. The van der Waals surface area contributed by atoms with E-state index in [4.69, 9.17) is 5.11 Å². The molecule has 0 fully saturated rings. The van der Waals surface area contributed by atoms with E-state index in [-0.39, 0.29) is 31.4 Å². The van der Waals surface area contributed by atoms with Gasteiger partial charge in [-0.05, 0) is 12.1 Å². The molecule has 114 valence electrons. The summed E-state index contributed by atoms with van der Waals surface area (Å²) in [5.41, 5.74) is 0.558. The molecule has 0 bridgehead atoms. The number of urea groups is 1. The predicted octanol–water partition coefficient (Wildman–Crippen LogP) is 0.533. The molecule has 0 spiro atoms. The number of hydrogen-bond acceptors (Lipinski definition) is 3. The van der Waals surface area contributed by atoms with Crippen LogP contribution in [-0.2, 0) is 4.79 Å². The molecule has 3 N–H and O–H groups in total. The van der Waals surface area contributed by atoms with Gasteiger partial charge >= 0.3 is 12.0 Å². The number of nitrogens with one attached hydrogen (secondary N) is 2. The Morgan fingerprint density at radius 3 is 2.33 bits per heavy atom. The van der Waals surface area contributed by atoms with Crippen molar-refractivity contribution in [3.63, 3.8) is 0 Å². The van der Waals surface area contributed by atoms with Gasteiger partial charge in [-0.3, -0.25) is 9.59 Å². The van der Waals surface area contributed by atoms with E-state index < -0.39 is 5.97 Å². The van der Waals surface area contributed by atoms with Gasteiger partial charge in [0.2, 0.25) is 0 Å². The van der Waals surface area contributed by atoms with Crippen LogP contribution >= 0.6 is 0 Å². The quantitative estimate of drug-likeness (QED) is 0.639. The summed E-state index contributed by atoms with van der Waals surface area (Å²) >= 11 is 0. The van der Waals surface area contributed by atoms with E-state index in [0.29, 0.717) is 12.1 Å². The average molecular weight is 293 g/mol. The van der Waals surface area contributed by atoms with Crippen LogP contribution in [0, 0.1) is 0 Å². The fourth-order valence-electron chi connectivity index (χ4n) is 1.54. The smallest absolute Gasteiger partial charge is 0.317 e. The topological polar surface area (TPSA) is 98.7 Å².